The lowest BCUT2D eigenvalue weighted by molar-refractivity contribution is 0.291. The fraction of sp³-hybridized carbons (Fsp3) is 0.250. The van der Waals surface area contributed by atoms with Gasteiger partial charge in [0.05, 0.1) is 5.56 Å². The number of anilines is 1. The first kappa shape index (κ1) is 11.9. The number of rotatable bonds is 3. The van der Waals surface area contributed by atoms with E-state index in [2.05, 4.69) is 10.2 Å². The minimum Gasteiger partial charge on any atom is -0.486 e. The predicted molar refractivity (Wildman–Crippen MR) is 65.6 cm³/mol. The Morgan fingerprint density at radius 2 is 2.22 bits per heavy atom. The molecule has 0 aliphatic rings. The first-order valence-corrected chi connectivity index (χ1v) is 5.39. The van der Waals surface area contributed by atoms with E-state index in [9.17, 15) is 0 Å². The minimum absolute atomic E-state index is 0.298. The second kappa shape index (κ2) is 4.75. The zero-order chi connectivity index (χ0) is 13.1. The molecule has 0 fully saturated rings. The third kappa shape index (κ3) is 2.25. The normalized spacial score (nSPS) is 10.1. The van der Waals surface area contributed by atoms with Crippen LogP contribution in [0.3, 0.4) is 0 Å². The predicted octanol–water partition coefficient (Wildman–Crippen LogP) is 1.16. The molecule has 0 radical (unpaired) electrons. The lowest BCUT2D eigenvalue weighted by Gasteiger charge is -2.07. The molecular formula is C12H13N5O. The molecule has 0 saturated carbocycles. The molecule has 0 spiro atoms. The largest absolute Gasteiger partial charge is 0.486 e. The molecule has 2 N–H and O–H groups in total. The van der Waals surface area contributed by atoms with E-state index in [0.29, 0.717) is 23.6 Å². The van der Waals surface area contributed by atoms with Crippen molar-refractivity contribution in [3.8, 4) is 11.8 Å². The van der Waals surface area contributed by atoms with Gasteiger partial charge in [0.25, 0.3) is 0 Å². The van der Waals surface area contributed by atoms with Gasteiger partial charge in [0.1, 0.15) is 24.3 Å². The van der Waals surface area contributed by atoms with Crippen molar-refractivity contribution >= 4 is 5.69 Å². The monoisotopic (exact) mass is 243 g/mol. The maximum absolute atomic E-state index is 8.86. The van der Waals surface area contributed by atoms with Gasteiger partial charge in [-0.15, -0.1) is 10.2 Å². The summed E-state index contributed by atoms with van der Waals surface area (Å²) in [5.74, 6) is 2.13. The maximum Gasteiger partial charge on any atom is 0.170 e. The fourth-order valence-corrected chi connectivity index (χ4v) is 1.45. The van der Waals surface area contributed by atoms with E-state index in [1.54, 1.807) is 18.2 Å². The van der Waals surface area contributed by atoms with Gasteiger partial charge in [0.15, 0.2) is 5.82 Å². The highest BCUT2D eigenvalue weighted by Crippen LogP contribution is 2.19. The SMILES string of the molecule is Cc1nnc(COc2ccc(N)c(C#N)c2)n1C. The Bertz CT molecular complexity index is 611. The first-order valence-electron chi connectivity index (χ1n) is 5.39. The molecule has 1 aromatic carbocycles. The number of nitrogen functional groups attached to an aromatic ring is 1. The average Bonchev–Trinajstić information content (AvgIpc) is 2.69. The Labute approximate surface area is 105 Å². The van der Waals surface area contributed by atoms with Crippen molar-refractivity contribution in [2.24, 2.45) is 7.05 Å². The molecule has 0 saturated heterocycles. The van der Waals surface area contributed by atoms with Gasteiger partial charge in [0, 0.05) is 12.7 Å². The number of hydrogen-bond donors (Lipinski definition) is 1. The number of nitriles is 1. The summed E-state index contributed by atoms with van der Waals surface area (Å²) in [5, 5.41) is 16.8. The Morgan fingerprint density at radius 3 is 2.83 bits per heavy atom. The second-order valence-corrected chi connectivity index (χ2v) is 3.87. The molecule has 18 heavy (non-hydrogen) atoms. The van der Waals surface area contributed by atoms with Gasteiger partial charge in [-0.2, -0.15) is 5.26 Å². The molecule has 2 rings (SSSR count). The number of nitrogens with zero attached hydrogens (tertiary/aromatic N) is 4. The summed E-state index contributed by atoms with van der Waals surface area (Å²) >= 11 is 0. The van der Waals surface area contributed by atoms with Crippen LogP contribution in [-0.2, 0) is 13.7 Å². The fourth-order valence-electron chi connectivity index (χ4n) is 1.45. The molecular weight excluding hydrogens is 230 g/mol. The molecule has 92 valence electrons. The number of nitrogens with two attached hydrogens (primary N) is 1. The average molecular weight is 243 g/mol. The number of aryl methyl sites for hydroxylation is 1. The summed E-state index contributed by atoms with van der Waals surface area (Å²) < 4.78 is 7.40. The van der Waals surface area contributed by atoms with Crippen molar-refractivity contribution in [3.63, 3.8) is 0 Å². The quantitative estimate of drug-likeness (QED) is 0.817. The highest BCUT2D eigenvalue weighted by atomic mass is 16.5. The van der Waals surface area contributed by atoms with E-state index in [4.69, 9.17) is 15.7 Å². The van der Waals surface area contributed by atoms with Gasteiger partial charge in [0.2, 0.25) is 0 Å². The van der Waals surface area contributed by atoms with E-state index < -0.39 is 0 Å². The Balaban J connectivity index is 2.11. The zero-order valence-electron chi connectivity index (χ0n) is 10.2. The van der Waals surface area contributed by atoms with Crippen molar-refractivity contribution in [3.05, 3.63) is 35.4 Å². The summed E-state index contributed by atoms with van der Waals surface area (Å²) in [5.41, 5.74) is 6.48. The van der Waals surface area contributed by atoms with Crippen LogP contribution >= 0.6 is 0 Å². The van der Waals surface area contributed by atoms with E-state index in [1.807, 2.05) is 24.6 Å². The highest BCUT2D eigenvalue weighted by Gasteiger charge is 2.06. The van der Waals surface area contributed by atoms with Gasteiger partial charge in [-0.1, -0.05) is 0 Å². The van der Waals surface area contributed by atoms with Crippen molar-refractivity contribution in [2.45, 2.75) is 13.5 Å². The maximum atomic E-state index is 8.86. The van der Waals surface area contributed by atoms with Gasteiger partial charge in [-0.25, -0.2) is 0 Å². The van der Waals surface area contributed by atoms with Gasteiger partial charge < -0.3 is 15.0 Å². The standard InChI is InChI=1S/C12H13N5O/c1-8-15-16-12(17(8)2)7-18-10-3-4-11(14)9(5-10)6-13/h3-5H,7,14H2,1-2H3. The number of ether oxygens (including phenoxy) is 1. The van der Waals surface area contributed by atoms with Crippen LogP contribution in [0.15, 0.2) is 18.2 Å². The van der Waals surface area contributed by atoms with Crippen molar-refractivity contribution in [1.82, 2.24) is 14.8 Å². The molecule has 1 heterocycles. The summed E-state index contributed by atoms with van der Waals surface area (Å²) in [6.45, 7) is 2.17. The topological polar surface area (TPSA) is 89.8 Å². The number of benzene rings is 1. The van der Waals surface area contributed by atoms with Gasteiger partial charge >= 0.3 is 0 Å². The Hall–Kier alpha value is -2.55. The van der Waals surface area contributed by atoms with Crippen LogP contribution in [0.5, 0.6) is 5.75 Å². The van der Waals surface area contributed by atoms with Crippen LogP contribution < -0.4 is 10.5 Å². The van der Waals surface area contributed by atoms with Gasteiger partial charge in [-0.3, -0.25) is 0 Å². The first-order chi connectivity index (χ1) is 8.61. The molecule has 0 aliphatic carbocycles. The molecule has 2 aromatic rings. The smallest absolute Gasteiger partial charge is 0.170 e. The minimum atomic E-state index is 0.298. The molecule has 6 heteroatoms. The molecule has 0 atom stereocenters. The highest BCUT2D eigenvalue weighted by molar-refractivity contribution is 5.56. The number of aromatic nitrogens is 3. The van der Waals surface area contributed by atoms with E-state index in [-0.39, 0.29) is 0 Å². The van der Waals surface area contributed by atoms with Gasteiger partial charge in [-0.05, 0) is 25.1 Å². The zero-order valence-corrected chi connectivity index (χ0v) is 10.2. The Kier molecular flexibility index (Phi) is 3.15. The molecule has 0 bridgehead atoms. The van der Waals surface area contributed by atoms with Crippen LogP contribution in [0.4, 0.5) is 5.69 Å². The van der Waals surface area contributed by atoms with Crippen LogP contribution in [0.25, 0.3) is 0 Å². The molecule has 6 nitrogen and oxygen atoms in total. The van der Waals surface area contributed by atoms with Crippen molar-refractivity contribution < 1.29 is 4.74 Å². The summed E-state index contributed by atoms with van der Waals surface area (Å²) in [7, 11) is 1.87. The van der Waals surface area contributed by atoms with Crippen LogP contribution in [0, 0.1) is 18.3 Å². The summed E-state index contributed by atoms with van der Waals surface area (Å²) in [6, 6.07) is 6.99. The molecule has 0 amide bonds. The third-order valence-electron chi connectivity index (χ3n) is 2.70. The van der Waals surface area contributed by atoms with Crippen LogP contribution in [-0.4, -0.2) is 14.8 Å². The third-order valence-corrected chi connectivity index (χ3v) is 2.70. The lowest BCUT2D eigenvalue weighted by atomic mass is 10.2. The lowest BCUT2D eigenvalue weighted by Crippen LogP contribution is -2.04. The number of hydrogen-bond acceptors (Lipinski definition) is 5. The van der Waals surface area contributed by atoms with Crippen LogP contribution in [0.1, 0.15) is 17.2 Å². The van der Waals surface area contributed by atoms with Crippen LogP contribution in [0.2, 0.25) is 0 Å². The van der Waals surface area contributed by atoms with Crippen molar-refractivity contribution in [2.75, 3.05) is 5.73 Å². The summed E-state index contributed by atoms with van der Waals surface area (Å²) in [6.07, 6.45) is 0. The van der Waals surface area contributed by atoms with E-state index in [1.165, 1.54) is 0 Å². The molecule has 0 aliphatic heterocycles. The second-order valence-electron chi connectivity index (χ2n) is 3.87. The van der Waals surface area contributed by atoms with E-state index in [0.717, 1.165) is 11.6 Å². The Morgan fingerprint density at radius 1 is 1.44 bits per heavy atom. The van der Waals surface area contributed by atoms with E-state index >= 15 is 0 Å². The molecule has 0 unspecified atom stereocenters. The summed E-state index contributed by atoms with van der Waals surface area (Å²) in [4.78, 5) is 0. The molecule has 1 aromatic heterocycles. The van der Waals surface area contributed by atoms with Crippen molar-refractivity contribution in [1.29, 1.82) is 5.26 Å².